The van der Waals surface area contributed by atoms with Crippen molar-refractivity contribution in [2.75, 3.05) is 6.61 Å². The van der Waals surface area contributed by atoms with E-state index in [1.807, 2.05) is 28.3 Å². The van der Waals surface area contributed by atoms with E-state index in [1.165, 1.54) is 12.8 Å². The zero-order chi connectivity index (χ0) is 12.4. The van der Waals surface area contributed by atoms with Gasteiger partial charge in [-0.3, -0.25) is 4.79 Å². The van der Waals surface area contributed by atoms with E-state index in [0.29, 0.717) is 6.10 Å². The molecule has 0 aliphatic carbocycles. The highest BCUT2D eigenvalue weighted by Gasteiger charge is 2.14. The molecule has 96 valence electrons. The lowest BCUT2D eigenvalue weighted by molar-refractivity contribution is 0.101. The highest BCUT2D eigenvalue weighted by Crippen LogP contribution is 2.18. The van der Waals surface area contributed by atoms with Crippen LogP contribution >= 0.6 is 11.3 Å². The van der Waals surface area contributed by atoms with Crippen LogP contribution in [0.1, 0.15) is 25.7 Å². The summed E-state index contributed by atoms with van der Waals surface area (Å²) in [5, 5.41) is 2.82. The van der Waals surface area contributed by atoms with E-state index in [4.69, 9.17) is 4.74 Å². The van der Waals surface area contributed by atoms with Gasteiger partial charge in [0.25, 0.3) is 5.56 Å². The Labute approximate surface area is 110 Å². The van der Waals surface area contributed by atoms with Crippen LogP contribution in [0.4, 0.5) is 0 Å². The van der Waals surface area contributed by atoms with Gasteiger partial charge in [-0.15, -0.1) is 11.3 Å². The molecule has 0 N–H and O–H groups in total. The Kier molecular flexibility index (Phi) is 3.48. The standard InChI is InChI=1S/C14H17NO2S/c16-14-12-6-10-18-13(12)5-8-15(14)7-1-3-11-4-2-9-17-11/h5-6,8,10-11H,1-4,7,9H2. The second-order valence-corrected chi connectivity index (χ2v) is 5.74. The molecule has 1 unspecified atom stereocenters. The van der Waals surface area contributed by atoms with Crippen molar-refractivity contribution in [1.82, 2.24) is 4.57 Å². The van der Waals surface area contributed by atoms with Crippen molar-refractivity contribution < 1.29 is 4.74 Å². The molecule has 0 amide bonds. The van der Waals surface area contributed by atoms with E-state index < -0.39 is 0 Å². The molecule has 18 heavy (non-hydrogen) atoms. The Bertz CT molecular complexity index is 581. The average Bonchev–Trinajstić information content (AvgIpc) is 3.02. The minimum atomic E-state index is 0.140. The molecule has 3 heterocycles. The van der Waals surface area contributed by atoms with Crippen LogP contribution in [0.25, 0.3) is 10.1 Å². The highest BCUT2D eigenvalue weighted by atomic mass is 32.1. The van der Waals surface area contributed by atoms with Gasteiger partial charge < -0.3 is 9.30 Å². The Balaban J connectivity index is 1.66. The van der Waals surface area contributed by atoms with Gasteiger partial charge >= 0.3 is 0 Å². The highest BCUT2D eigenvalue weighted by molar-refractivity contribution is 7.17. The van der Waals surface area contributed by atoms with E-state index in [9.17, 15) is 4.79 Å². The van der Waals surface area contributed by atoms with Crippen LogP contribution < -0.4 is 5.56 Å². The number of pyridine rings is 1. The number of rotatable bonds is 4. The topological polar surface area (TPSA) is 31.2 Å². The Morgan fingerprint density at radius 3 is 3.22 bits per heavy atom. The molecule has 0 aromatic carbocycles. The van der Waals surface area contributed by atoms with Gasteiger partial charge in [0.2, 0.25) is 0 Å². The summed E-state index contributed by atoms with van der Waals surface area (Å²) in [7, 11) is 0. The lowest BCUT2D eigenvalue weighted by Crippen LogP contribution is -2.19. The van der Waals surface area contributed by atoms with Crippen LogP contribution in [-0.2, 0) is 11.3 Å². The molecule has 2 aromatic rings. The third-order valence-corrected chi connectivity index (χ3v) is 4.42. The first-order chi connectivity index (χ1) is 8.84. The normalized spacial score (nSPS) is 19.7. The molecule has 3 nitrogen and oxygen atoms in total. The summed E-state index contributed by atoms with van der Waals surface area (Å²) in [5.74, 6) is 0. The Morgan fingerprint density at radius 1 is 1.44 bits per heavy atom. The van der Waals surface area contributed by atoms with E-state index in [2.05, 4.69) is 0 Å². The molecule has 2 aromatic heterocycles. The molecule has 1 aliphatic rings. The molecule has 1 fully saturated rings. The van der Waals surface area contributed by atoms with Crippen molar-refractivity contribution in [3.05, 3.63) is 34.1 Å². The molecule has 0 saturated carbocycles. The maximum atomic E-state index is 12.2. The Morgan fingerprint density at radius 2 is 2.39 bits per heavy atom. The number of ether oxygens (including phenoxy) is 1. The van der Waals surface area contributed by atoms with Gasteiger partial charge in [0.1, 0.15) is 0 Å². The van der Waals surface area contributed by atoms with Crippen molar-refractivity contribution in [3.8, 4) is 0 Å². The summed E-state index contributed by atoms with van der Waals surface area (Å²) in [6, 6.07) is 3.95. The van der Waals surface area contributed by atoms with Gasteiger partial charge in [0, 0.05) is 24.0 Å². The number of aromatic nitrogens is 1. The fraction of sp³-hybridized carbons (Fsp3) is 0.500. The summed E-state index contributed by atoms with van der Waals surface area (Å²) < 4.78 is 8.50. The van der Waals surface area contributed by atoms with E-state index in [-0.39, 0.29) is 5.56 Å². The van der Waals surface area contributed by atoms with Gasteiger partial charge in [-0.2, -0.15) is 0 Å². The third kappa shape index (κ3) is 2.35. The molecular weight excluding hydrogens is 246 g/mol. The van der Waals surface area contributed by atoms with Crippen molar-refractivity contribution in [1.29, 1.82) is 0 Å². The van der Waals surface area contributed by atoms with Gasteiger partial charge in [-0.1, -0.05) is 0 Å². The lowest BCUT2D eigenvalue weighted by Gasteiger charge is -2.10. The first kappa shape index (κ1) is 11.9. The van der Waals surface area contributed by atoms with Crippen LogP contribution in [0, 0.1) is 0 Å². The molecule has 0 radical (unpaired) electrons. The lowest BCUT2D eigenvalue weighted by atomic mass is 10.1. The molecule has 1 atom stereocenters. The van der Waals surface area contributed by atoms with Crippen molar-refractivity contribution in [2.24, 2.45) is 0 Å². The predicted molar refractivity (Wildman–Crippen MR) is 74.3 cm³/mol. The zero-order valence-corrected chi connectivity index (χ0v) is 11.1. The molecule has 0 spiro atoms. The fourth-order valence-corrected chi connectivity index (χ4v) is 3.32. The summed E-state index contributed by atoms with van der Waals surface area (Å²) in [6.45, 7) is 1.70. The molecule has 0 bridgehead atoms. The molecule has 1 saturated heterocycles. The number of hydrogen-bond acceptors (Lipinski definition) is 3. The second-order valence-electron chi connectivity index (χ2n) is 4.79. The molecule has 3 rings (SSSR count). The number of thiophene rings is 1. The average molecular weight is 263 g/mol. The SMILES string of the molecule is O=c1c2ccsc2ccn1CCCC1CCCO1. The fourth-order valence-electron chi connectivity index (χ4n) is 2.54. The maximum Gasteiger partial charge on any atom is 0.259 e. The van der Waals surface area contributed by atoms with E-state index >= 15 is 0 Å². The number of hydrogen-bond donors (Lipinski definition) is 0. The van der Waals surface area contributed by atoms with Gasteiger partial charge in [-0.25, -0.2) is 0 Å². The molecular formula is C14H17NO2S. The van der Waals surface area contributed by atoms with E-state index in [0.717, 1.165) is 36.1 Å². The largest absolute Gasteiger partial charge is 0.378 e. The second kappa shape index (κ2) is 5.24. The summed E-state index contributed by atoms with van der Waals surface area (Å²) in [4.78, 5) is 12.2. The van der Waals surface area contributed by atoms with Crippen LogP contribution in [0.5, 0.6) is 0 Å². The number of aryl methyl sites for hydroxylation is 1. The van der Waals surface area contributed by atoms with Gasteiger partial charge in [-0.05, 0) is 43.2 Å². The first-order valence-electron chi connectivity index (χ1n) is 6.53. The van der Waals surface area contributed by atoms with Crippen LogP contribution in [0.3, 0.4) is 0 Å². The molecule has 4 heteroatoms. The zero-order valence-electron chi connectivity index (χ0n) is 10.3. The maximum absolute atomic E-state index is 12.2. The number of nitrogens with zero attached hydrogens (tertiary/aromatic N) is 1. The monoisotopic (exact) mass is 263 g/mol. The molecule has 1 aliphatic heterocycles. The third-order valence-electron chi connectivity index (χ3n) is 3.54. The van der Waals surface area contributed by atoms with Crippen LogP contribution in [0.15, 0.2) is 28.5 Å². The number of fused-ring (bicyclic) bond motifs is 1. The van der Waals surface area contributed by atoms with E-state index in [1.54, 1.807) is 11.3 Å². The van der Waals surface area contributed by atoms with Crippen molar-refractivity contribution in [2.45, 2.75) is 38.3 Å². The quantitative estimate of drug-likeness (QED) is 0.849. The summed E-state index contributed by atoms with van der Waals surface area (Å²) in [5.41, 5.74) is 0.140. The smallest absolute Gasteiger partial charge is 0.259 e. The van der Waals surface area contributed by atoms with Crippen molar-refractivity contribution >= 4 is 21.4 Å². The van der Waals surface area contributed by atoms with Gasteiger partial charge in [0.15, 0.2) is 0 Å². The van der Waals surface area contributed by atoms with Gasteiger partial charge in [0.05, 0.1) is 11.5 Å². The minimum Gasteiger partial charge on any atom is -0.378 e. The predicted octanol–water partition coefficient (Wildman–Crippen LogP) is 3.02. The van der Waals surface area contributed by atoms with Crippen LogP contribution in [0.2, 0.25) is 0 Å². The first-order valence-corrected chi connectivity index (χ1v) is 7.41. The summed E-state index contributed by atoms with van der Waals surface area (Å²) in [6.07, 6.45) is 6.78. The van der Waals surface area contributed by atoms with Crippen LogP contribution in [-0.4, -0.2) is 17.3 Å². The van der Waals surface area contributed by atoms with Crippen molar-refractivity contribution in [3.63, 3.8) is 0 Å². The minimum absolute atomic E-state index is 0.140. The summed E-state index contributed by atoms with van der Waals surface area (Å²) >= 11 is 1.62. The Hall–Kier alpha value is -1.13.